The van der Waals surface area contributed by atoms with Gasteiger partial charge in [-0.1, -0.05) is 31.0 Å². The zero-order valence-electron chi connectivity index (χ0n) is 15.8. The minimum absolute atomic E-state index is 0.00107. The van der Waals surface area contributed by atoms with Gasteiger partial charge < -0.3 is 10.2 Å². The molecule has 1 saturated carbocycles. The molecule has 0 radical (unpaired) electrons. The summed E-state index contributed by atoms with van der Waals surface area (Å²) in [5.41, 5.74) is 0.811. The summed E-state index contributed by atoms with van der Waals surface area (Å²) in [7, 11) is 1.74. The number of aromatic nitrogens is 3. The SMILES string of the molecule is Cn1nc(C2CCN(C(=O)Nc3ccccc3)CC2)n(C2CCCC2)c1=O. The molecule has 2 amide bonds. The van der Waals surface area contributed by atoms with Crippen LogP contribution in [0.5, 0.6) is 0 Å². The maximum atomic E-state index is 12.6. The van der Waals surface area contributed by atoms with Crippen LogP contribution in [0.15, 0.2) is 35.1 Å². The first kappa shape index (κ1) is 17.8. The number of rotatable bonds is 3. The van der Waals surface area contributed by atoms with Gasteiger partial charge in [-0.15, -0.1) is 0 Å². The average molecular weight is 369 g/mol. The summed E-state index contributed by atoms with van der Waals surface area (Å²) in [6, 6.07) is 9.75. The summed E-state index contributed by atoms with van der Waals surface area (Å²) < 4.78 is 3.42. The molecule has 0 atom stereocenters. The number of likely N-dealkylation sites (tertiary alicyclic amines) is 1. The van der Waals surface area contributed by atoms with Gasteiger partial charge in [0.15, 0.2) is 0 Å². The number of benzene rings is 1. The number of hydrogen-bond acceptors (Lipinski definition) is 3. The van der Waals surface area contributed by atoms with Crippen molar-refractivity contribution < 1.29 is 4.79 Å². The van der Waals surface area contributed by atoms with E-state index in [1.807, 2.05) is 39.8 Å². The highest BCUT2D eigenvalue weighted by Crippen LogP contribution is 2.33. The molecule has 2 fully saturated rings. The first-order chi connectivity index (χ1) is 13.1. The number of piperidine rings is 1. The van der Waals surface area contributed by atoms with Crippen molar-refractivity contribution in [2.75, 3.05) is 18.4 Å². The predicted molar refractivity (Wildman–Crippen MR) is 104 cm³/mol. The van der Waals surface area contributed by atoms with E-state index in [1.165, 1.54) is 17.5 Å². The van der Waals surface area contributed by atoms with Crippen LogP contribution < -0.4 is 11.0 Å². The van der Waals surface area contributed by atoms with Crippen LogP contribution in [-0.2, 0) is 7.05 Å². The third kappa shape index (κ3) is 3.63. The summed E-state index contributed by atoms with van der Waals surface area (Å²) in [5, 5.41) is 7.51. The number of urea groups is 1. The zero-order chi connectivity index (χ0) is 18.8. The van der Waals surface area contributed by atoms with Gasteiger partial charge in [0.1, 0.15) is 5.82 Å². The summed E-state index contributed by atoms with van der Waals surface area (Å²) >= 11 is 0. The van der Waals surface area contributed by atoms with Crippen LogP contribution in [-0.4, -0.2) is 38.4 Å². The fourth-order valence-corrected chi connectivity index (χ4v) is 4.35. The van der Waals surface area contributed by atoms with Crippen LogP contribution in [0.1, 0.15) is 56.3 Å². The predicted octanol–water partition coefficient (Wildman–Crippen LogP) is 3.11. The van der Waals surface area contributed by atoms with Crippen molar-refractivity contribution in [3.63, 3.8) is 0 Å². The van der Waals surface area contributed by atoms with Gasteiger partial charge in [0, 0.05) is 37.8 Å². The van der Waals surface area contributed by atoms with E-state index in [0.29, 0.717) is 19.1 Å². The molecule has 27 heavy (non-hydrogen) atoms. The van der Waals surface area contributed by atoms with Gasteiger partial charge >= 0.3 is 11.7 Å². The number of hydrogen-bond donors (Lipinski definition) is 1. The minimum atomic E-state index is -0.0612. The summed E-state index contributed by atoms with van der Waals surface area (Å²) in [6.45, 7) is 1.36. The van der Waals surface area contributed by atoms with Gasteiger partial charge in [-0.05, 0) is 37.8 Å². The van der Waals surface area contributed by atoms with Gasteiger partial charge in [0.2, 0.25) is 0 Å². The third-order valence-corrected chi connectivity index (χ3v) is 5.84. The molecule has 0 unspecified atom stereocenters. The second kappa shape index (κ2) is 7.58. The van der Waals surface area contributed by atoms with Crippen molar-refractivity contribution in [3.05, 3.63) is 46.6 Å². The number of amides is 2. The van der Waals surface area contributed by atoms with Gasteiger partial charge in [0.05, 0.1) is 0 Å². The van der Waals surface area contributed by atoms with Crippen molar-refractivity contribution in [2.45, 2.75) is 50.5 Å². The minimum Gasteiger partial charge on any atom is -0.324 e. The fourth-order valence-electron chi connectivity index (χ4n) is 4.35. The quantitative estimate of drug-likeness (QED) is 0.903. The second-order valence-electron chi connectivity index (χ2n) is 7.63. The van der Waals surface area contributed by atoms with E-state index >= 15 is 0 Å². The Bertz CT molecular complexity index is 843. The third-order valence-electron chi connectivity index (χ3n) is 5.84. The van der Waals surface area contributed by atoms with Crippen LogP contribution in [0, 0.1) is 0 Å². The lowest BCUT2D eigenvalue weighted by molar-refractivity contribution is 0.192. The van der Waals surface area contributed by atoms with E-state index in [4.69, 9.17) is 0 Å². The fraction of sp³-hybridized carbons (Fsp3) is 0.550. The normalized spacial score (nSPS) is 18.8. The van der Waals surface area contributed by atoms with Crippen LogP contribution >= 0.6 is 0 Å². The van der Waals surface area contributed by atoms with Gasteiger partial charge in [-0.25, -0.2) is 14.3 Å². The monoisotopic (exact) mass is 369 g/mol. The van der Waals surface area contributed by atoms with Crippen molar-refractivity contribution in [1.29, 1.82) is 0 Å². The van der Waals surface area contributed by atoms with Crippen LogP contribution in [0.2, 0.25) is 0 Å². The highest BCUT2D eigenvalue weighted by molar-refractivity contribution is 5.89. The molecule has 4 rings (SSSR count). The molecule has 0 spiro atoms. The first-order valence-corrected chi connectivity index (χ1v) is 9.90. The Morgan fingerprint density at radius 1 is 1.07 bits per heavy atom. The van der Waals surface area contributed by atoms with E-state index in [0.717, 1.165) is 37.2 Å². The molecule has 2 aliphatic rings. The van der Waals surface area contributed by atoms with Gasteiger partial charge in [-0.3, -0.25) is 4.57 Å². The largest absolute Gasteiger partial charge is 0.345 e. The van der Waals surface area contributed by atoms with Crippen molar-refractivity contribution in [1.82, 2.24) is 19.2 Å². The van der Waals surface area contributed by atoms with Gasteiger partial charge in [0.25, 0.3) is 0 Å². The Balaban J connectivity index is 1.43. The molecule has 1 aromatic carbocycles. The summed E-state index contributed by atoms with van der Waals surface area (Å²) in [5.74, 6) is 1.15. The lowest BCUT2D eigenvalue weighted by atomic mass is 9.95. The zero-order valence-corrected chi connectivity index (χ0v) is 15.8. The topological polar surface area (TPSA) is 72.2 Å². The Kier molecular flexibility index (Phi) is 5.01. The van der Waals surface area contributed by atoms with Crippen LogP contribution in [0.3, 0.4) is 0 Å². The molecular weight excluding hydrogens is 342 g/mol. The van der Waals surface area contributed by atoms with Crippen LogP contribution in [0.4, 0.5) is 10.5 Å². The summed E-state index contributed by atoms with van der Waals surface area (Å²) in [6.07, 6.45) is 6.18. The molecule has 2 aromatic rings. The number of carbonyl (C=O) groups is 1. The molecule has 1 saturated heterocycles. The number of para-hydroxylation sites is 1. The van der Waals surface area contributed by atoms with E-state index < -0.39 is 0 Å². The Labute approximate surface area is 159 Å². The molecule has 2 heterocycles. The number of carbonyl (C=O) groups excluding carboxylic acids is 1. The molecule has 0 bridgehead atoms. The summed E-state index contributed by atoms with van der Waals surface area (Å²) in [4.78, 5) is 26.9. The lowest BCUT2D eigenvalue weighted by Crippen LogP contribution is -2.41. The van der Waals surface area contributed by atoms with E-state index in [9.17, 15) is 9.59 Å². The smallest absolute Gasteiger partial charge is 0.324 e. The Hall–Kier alpha value is -2.57. The molecule has 144 valence electrons. The highest BCUT2D eigenvalue weighted by atomic mass is 16.2. The second-order valence-corrected chi connectivity index (χ2v) is 7.63. The van der Waals surface area contributed by atoms with Gasteiger partial charge in [-0.2, -0.15) is 5.10 Å². The number of anilines is 1. The molecule has 1 N–H and O–H groups in total. The molecule has 7 nitrogen and oxygen atoms in total. The maximum Gasteiger partial charge on any atom is 0.345 e. The molecule has 1 aliphatic carbocycles. The van der Waals surface area contributed by atoms with Crippen molar-refractivity contribution >= 4 is 11.7 Å². The standard InChI is InChI=1S/C20H27N5O2/c1-23-20(27)25(17-9-5-6-10-17)18(22-23)15-11-13-24(14-12-15)19(26)21-16-7-3-2-4-8-16/h2-4,7-8,15,17H,5-6,9-14H2,1H3,(H,21,26). The maximum absolute atomic E-state index is 12.6. The number of aryl methyl sites for hydroxylation is 1. The van der Waals surface area contributed by atoms with Crippen LogP contribution in [0.25, 0.3) is 0 Å². The first-order valence-electron chi connectivity index (χ1n) is 9.90. The van der Waals surface area contributed by atoms with Crippen molar-refractivity contribution in [3.8, 4) is 0 Å². The van der Waals surface area contributed by atoms with Crippen molar-refractivity contribution in [2.24, 2.45) is 7.05 Å². The highest BCUT2D eigenvalue weighted by Gasteiger charge is 2.31. The average Bonchev–Trinajstić information content (AvgIpc) is 3.31. The number of nitrogens with zero attached hydrogens (tertiary/aromatic N) is 4. The number of nitrogens with one attached hydrogen (secondary N) is 1. The van der Waals surface area contributed by atoms with E-state index in [-0.39, 0.29) is 17.6 Å². The van der Waals surface area contributed by atoms with E-state index in [2.05, 4.69) is 10.4 Å². The molecule has 1 aromatic heterocycles. The molecule has 1 aliphatic heterocycles. The molecule has 7 heteroatoms. The Morgan fingerprint density at radius 2 is 1.74 bits per heavy atom. The Morgan fingerprint density at radius 3 is 2.41 bits per heavy atom. The molecular formula is C20H27N5O2. The lowest BCUT2D eigenvalue weighted by Gasteiger charge is -2.32. The van der Waals surface area contributed by atoms with E-state index in [1.54, 1.807) is 7.05 Å².